The van der Waals surface area contributed by atoms with Gasteiger partial charge in [-0.25, -0.2) is 4.79 Å². The Bertz CT molecular complexity index is 701. The number of ether oxygens (including phenoxy) is 1. The molecule has 0 bridgehead atoms. The fourth-order valence-corrected chi connectivity index (χ4v) is 1.90. The molecule has 0 saturated carbocycles. The molecule has 0 radical (unpaired) electrons. The summed E-state index contributed by atoms with van der Waals surface area (Å²) in [5.41, 5.74) is 2.60. The van der Waals surface area contributed by atoms with Crippen molar-refractivity contribution in [2.24, 2.45) is 0 Å². The molecule has 0 aliphatic carbocycles. The summed E-state index contributed by atoms with van der Waals surface area (Å²) in [7, 11) is 0. The molecule has 0 saturated heterocycles. The lowest BCUT2D eigenvalue weighted by Crippen LogP contribution is -2.14. The molecule has 2 N–H and O–H groups in total. The summed E-state index contributed by atoms with van der Waals surface area (Å²) in [6.45, 7) is 4.48. The zero-order chi connectivity index (χ0) is 15.9. The van der Waals surface area contributed by atoms with Crippen LogP contribution in [0.25, 0.3) is 0 Å². The number of hydrogen-bond acceptors (Lipinski definition) is 5. The van der Waals surface area contributed by atoms with E-state index in [0.717, 1.165) is 17.0 Å². The third-order valence-electron chi connectivity index (χ3n) is 3.07. The monoisotopic (exact) mass is 299 g/mol. The molecule has 114 valence electrons. The van der Waals surface area contributed by atoms with E-state index < -0.39 is 6.09 Å². The van der Waals surface area contributed by atoms with Gasteiger partial charge in [0.2, 0.25) is 0 Å². The summed E-state index contributed by atoms with van der Waals surface area (Å²) in [4.78, 5) is 11.4. The molecule has 0 spiro atoms. The minimum atomic E-state index is -0.578. The van der Waals surface area contributed by atoms with Crippen molar-refractivity contribution >= 4 is 17.5 Å². The van der Waals surface area contributed by atoms with Crippen molar-refractivity contribution in [2.45, 2.75) is 20.4 Å². The lowest BCUT2D eigenvalue weighted by Gasteiger charge is -2.10. The van der Waals surface area contributed by atoms with Crippen molar-refractivity contribution in [2.75, 3.05) is 17.2 Å². The average Bonchev–Trinajstić information content (AvgIpc) is 2.91. The first-order chi connectivity index (χ1) is 10.6. The van der Waals surface area contributed by atoms with Gasteiger partial charge in [-0.15, -0.1) is 0 Å². The maximum atomic E-state index is 11.4. The number of nitriles is 1. The number of carbonyl (C=O) groups excluding carboxylic acids is 1. The molecular weight excluding hydrogens is 282 g/mol. The number of anilines is 2. The number of benzene rings is 1. The van der Waals surface area contributed by atoms with E-state index >= 15 is 0 Å². The number of furan rings is 1. The molecule has 1 heterocycles. The maximum absolute atomic E-state index is 11.4. The number of nitrogens with one attached hydrogen (secondary N) is 2. The number of amides is 1. The lowest BCUT2D eigenvalue weighted by molar-refractivity contribution is 0.168. The highest BCUT2D eigenvalue weighted by Gasteiger charge is 2.09. The molecule has 1 aromatic carbocycles. The normalized spacial score (nSPS) is 9.86. The predicted octanol–water partition coefficient (Wildman–Crippen LogP) is 3.64. The fourth-order valence-electron chi connectivity index (χ4n) is 1.90. The molecule has 0 aliphatic heterocycles. The molecule has 2 rings (SSSR count). The summed E-state index contributed by atoms with van der Waals surface area (Å²) in [5.74, 6) is 0.840. The molecule has 0 atom stereocenters. The molecule has 0 fully saturated rings. The quantitative estimate of drug-likeness (QED) is 0.880. The fraction of sp³-hybridized carbons (Fsp3) is 0.250. The first-order valence-electron chi connectivity index (χ1n) is 6.88. The molecule has 1 amide bonds. The minimum absolute atomic E-state index is 0.274. The number of carbonyl (C=O) groups is 1. The Balaban J connectivity index is 2.07. The smallest absolute Gasteiger partial charge is 0.411 e. The number of aryl methyl sites for hydroxylation is 1. The number of rotatable bonds is 5. The molecule has 6 heteroatoms. The highest BCUT2D eigenvalue weighted by molar-refractivity contribution is 5.87. The predicted molar refractivity (Wildman–Crippen MR) is 82.6 cm³/mol. The standard InChI is InChI=1S/C16H17N3O3/c1-3-21-16(20)19-14-5-4-13(8-12(14)9-17)18-10-15-11(2)6-7-22-15/h4-8,18H,3,10H2,1-2H3,(H,19,20). The summed E-state index contributed by atoms with van der Waals surface area (Å²) in [5, 5.41) is 14.9. The summed E-state index contributed by atoms with van der Waals surface area (Å²) in [6.07, 6.45) is 1.06. The first kappa shape index (κ1) is 15.4. The van der Waals surface area contributed by atoms with Crippen molar-refractivity contribution in [1.29, 1.82) is 5.26 Å². The Morgan fingerprint density at radius 3 is 2.86 bits per heavy atom. The van der Waals surface area contributed by atoms with Crippen molar-refractivity contribution in [3.8, 4) is 6.07 Å². The molecule has 22 heavy (non-hydrogen) atoms. The van der Waals surface area contributed by atoms with Crippen LogP contribution < -0.4 is 10.6 Å². The van der Waals surface area contributed by atoms with E-state index in [-0.39, 0.29) is 6.61 Å². The second kappa shape index (κ2) is 7.18. The van der Waals surface area contributed by atoms with Gasteiger partial charge in [0.1, 0.15) is 11.8 Å². The van der Waals surface area contributed by atoms with Crippen LogP contribution in [-0.4, -0.2) is 12.7 Å². The summed E-state index contributed by atoms with van der Waals surface area (Å²) in [6, 6.07) is 9.05. The van der Waals surface area contributed by atoms with E-state index in [4.69, 9.17) is 9.15 Å². The van der Waals surface area contributed by atoms with Crippen LogP contribution in [0.5, 0.6) is 0 Å². The topological polar surface area (TPSA) is 87.3 Å². The SMILES string of the molecule is CCOC(=O)Nc1ccc(NCc2occc2C)cc1C#N. The van der Waals surface area contributed by atoms with Gasteiger partial charge in [-0.1, -0.05) is 0 Å². The zero-order valence-electron chi connectivity index (χ0n) is 12.5. The van der Waals surface area contributed by atoms with Crippen molar-refractivity contribution in [3.63, 3.8) is 0 Å². The molecular formula is C16H17N3O3. The van der Waals surface area contributed by atoms with Gasteiger partial charge in [-0.2, -0.15) is 5.26 Å². The van der Waals surface area contributed by atoms with Crippen molar-refractivity contribution in [3.05, 3.63) is 47.4 Å². The molecule has 6 nitrogen and oxygen atoms in total. The Kier molecular flexibility index (Phi) is 5.04. The molecule has 0 unspecified atom stereocenters. The maximum Gasteiger partial charge on any atom is 0.411 e. The Morgan fingerprint density at radius 2 is 2.23 bits per heavy atom. The minimum Gasteiger partial charge on any atom is -0.467 e. The number of hydrogen-bond donors (Lipinski definition) is 2. The van der Waals surface area contributed by atoms with E-state index in [1.165, 1.54) is 0 Å². The Morgan fingerprint density at radius 1 is 1.41 bits per heavy atom. The van der Waals surface area contributed by atoms with E-state index in [1.54, 1.807) is 31.4 Å². The third kappa shape index (κ3) is 3.79. The van der Waals surface area contributed by atoms with Crippen LogP contribution in [0.4, 0.5) is 16.2 Å². The van der Waals surface area contributed by atoms with Crippen molar-refractivity contribution in [1.82, 2.24) is 0 Å². The van der Waals surface area contributed by atoms with Crippen LogP contribution in [0.15, 0.2) is 34.9 Å². The van der Waals surface area contributed by atoms with Crippen LogP contribution in [0.2, 0.25) is 0 Å². The Labute approximate surface area is 128 Å². The largest absolute Gasteiger partial charge is 0.467 e. The van der Waals surface area contributed by atoms with Gasteiger partial charge >= 0.3 is 6.09 Å². The highest BCUT2D eigenvalue weighted by atomic mass is 16.5. The zero-order valence-corrected chi connectivity index (χ0v) is 12.5. The van der Waals surface area contributed by atoms with Crippen LogP contribution in [0, 0.1) is 18.3 Å². The highest BCUT2D eigenvalue weighted by Crippen LogP contribution is 2.21. The second-order valence-electron chi connectivity index (χ2n) is 4.60. The third-order valence-corrected chi connectivity index (χ3v) is 3.07. The van der Waals surface area contributed by atoms with E-state index in [2.05, 4.69) is 16.7 Å². The van der Waals surface area contributed by atoms with Gasteiger partial charge in [-0.05, 0) is 43.7 Å². The van der Waals surface area contributed by atoms with Gasteiger partial charge < -0.3 is 14.5 Å². The van der Waals surface area contributed by atoms with Crippen LogP contribution in [-0.2, 0) is 11.3 Å². The number of nitrogens with zero attached hydrogens (tertiary/aromatic N) is 1. The van der Waals surface area contributed by atoms with Crippen LogP contribution in [0.1, 0.15) is 23.8 Å². The van der Waals surface area contributed by atoms with E-state index in [9.17, 15) is 10.1 Å². The van der Waals surface area contributed by atoms with Gasteiger partial charge in [0, 0.05) is 5.69 Å². The molecule has 2 aromatic rings. The van der Waals surface area contributed by atoms with Crippen LogP contribution >= 0.6 is 0 Å². The van der Waals surface area contributed by atoms with E-state index in [1.807, 2.05) is 13.0 Å². The van der Waals surface area contributed by atoms with Crippen molar-refractivity contribution < 1.29 is 13.9 Å². The van der Waals surface area contributed by atoms with Gasteiger partial charge in [0.25, 0.3) is 0 Å². The van der Waals surface area contributed by atoms with E-state index in [0.29, 0.717) is 17.8 Å². The molecule has 1 aromatic heterocycles. The lowest BCUT2D eigenvalue weighted by atomic mass is 10.1. The second-order valence-corrected chi connectivity index (χ2v) is 4.60. The van der Waals surface area contributed by atoms with Gasteiger partial charge in [0.15, 0.2) is 0 Å². The summed E-state index contributed by atoms with van der Waals surface area (Å²) < 4.78 is 10.1. The van der Waals surface area contributed by atoms with Gasteiger partial charge in [0.05, 0.1) is 30.7 Å². The average molecular weight is 299 g/mol. The Hall–Kier alpha value is -2.94. The molecule has 0 aliphatic rings. The summed E-state index contributed by atoms with van der Waals surface area (Å²) >= 11 is 0. The van der Waals surface area contributed by atoms with Crippen LogP contribution in [0.3, 0.4) is 0 Å². The first-order valence-corrected chi connectivity index (χ1v) is 6.88. The van der Waals surface area contributed by atoms with Gasteiger partial charge in [-0.3, -0.25) is 5.32 Å².